The van der Waals surface area contributed by atoms with Crippen molar-refractivity contribution in [3.63, 3.8) is 0 Å². The van der Waals surface area contributed by atoms with E-state index in [2.05, 4.69) is 10.4 Å². The summed E-state index contributed by atoms with van der Waals surface area (Å²) in [5, 5.41) is 15.3. The zero-order chi connectivity index (χ0) is 14.4. The van der Waals surface area contributed by atoms with Crippen LogP contribution in [-0.2, 0) is 0 Å². The summed E-state index contributed by atoms with van der Waals surface area (Å²) >= 11 is 0. The standard InChI is InChI=1S/C11H14F3N3O2/c1-5(2)6-3-8(11(12,13)14)17-9(15-6)4-7(16-17)10(18)19/h4-6,8,15H,3H2,1-2H3,(H,18,19)/t6-,8+/m1/s1. The van der Waals surface area contributed by atoms with Crippen molar-refractivity contribution in [2.75, 3.05) is 5.32 Å². The number of hydrogen-bond acceptors (Lipinski definition) is 3. The fourth-order valence-corrected chi connectivity index (χ4v) is 2.14. The zero-order valence-corrected chi connectivity index (χ0v) is 10.4. The smallest absolute Gasteiger partial charge is 0.410 e. The maximum absolute atomic E-state index is 13.0. The minimum Gasteiger partial charge on any atom is -0.476 e. The second kappa shape index (κ2) is 4.43. The van der Waals surface area contributed by atoms with Crippen molar-refractivity contribution in [2.24, 2.45) is 5.92 Å². The Hall–Kier alpha value is -1.73. The van der Waals surface area contributed by atoms with Crippen molar-refractivity contribution < 1.29 is 23.1 Å². The van der Waals surface area contributed by atoms with Gasteiger partial charge in [-0.3, -0.25) is 0 Å². The molecule has 2 atom stereocenters. The van der Waals surface area contributed by atoms with Crippen LogP contribution in [0.3, 0.4) is 0 Å². The van der Waals surface area contributed by atoms with E-state index in [9.17, 15) is 18.0 Å². The predicted molar refractivity (Wildman–Crippen MR) is 61.1 cm³/mol. The second-order valence-corrected chi connectivity index (χ2v) is 4.95. The van der Waals surface area contributed by atoms with Crippen molar-refractivity contribution in [1.29, 1.82) is 0 Å². The summed E-state index contributed by atoms with van der Waals surface area (Å²) in [6.07, 6.45) is -4.61. The molecule has 8 heteroatoms. The number of carboxylic acid groups (broad SMARTS) is 1. The summed E-state index contributed by atoms with van der Waals surface area (Å²) in [6, 6.07) is -1.02. The van der Waals surface area contributed by atoms with Gasteiger partial charge in [0.15, 0.2) is 11.7 Å². The molecule has 0 fully saturated rings. The summed E-state index contributed by atoms with van der Waals surface area (Å²) in [5.74, 6) is -1.24. The van der Waals surface area contributed by atoms with Gasteiger partial charge in [-0.05, 0) is 12.3 Å². The van der Waals surface area contributed by atoms with Gasteiger partial charge >= 0.3 is 12.1 Å². The van der Waals surface area contributed by atoms with Crippen molar-refractivity contribution in [1.82, 2.24) is 9.78 Å². The molecule has 0 saturated carbocycles. The number of carbonyl (C=O) groups is 1. The van der Waals surface area contributed by atoms with Gasteiger partial charge in [0.1, 0.15) is 5.82 Å². The summed E-state index contributed by atoms with van der Waals surface area (Å²) < 4.78 is 39.8. The third-order valence-electron chi connectivity index (χ3n) is 3.24. The molecule has 0 aromatic carbocycles. The van der Waals surface area contributed by atoms with E-state index >= 15 is 0 Å². The molecule has 0 aliphatic carbocycles. The summed E-state index contributed by atoms with van der Waals surface area (Å²) in [4.78, 5) is 10.8. The topological polar surface area (TPSA) is 67.2 Å². The van der Waals surface area contributed by atoms with E-state index in [0.29, 0.717) is 0 Å². The van der Waals surface area contributed by atoms with Gasteiger partial charge in [-0.1, -0.05) is 13.8 Å². The lowest BCUT2D eigenvalue weighted by atomic mass is 9.94. The monoisotopic (exact) mass is 277 g/mol. The molecule has 1 aliphatic rings. The Kier molecular flexibility index (Phi) is 3.19. The van der Waals surface area contributed by atoms with Gasteiger partial charge in [-0.25, -0.2) is 9.48 Å². The average molecular weight is 277 g/mol. The molecule has 2 heterocycles. The maximum atomic E-state index is 13.0. The van der Waals surface area contributed by atoms with E-state index in [1.54, 1.807) is 0 Å². The molecule has 2 N–H and O–H groups in total. The van der Waals surface area contributed by atoms with Gasteiger partial charge in [0.2, 0.25) is 0 Å². The van der Waals surface area contributed by atoms with Gasteiger partial charge in [0.05, 0.1) is 0 Å². The molecule has 2 rings (SSSR count). The molecule has 0 unspecified atom stereocenters. The highest BCUT2D eigenvalue weighted by atomic mass is 19.4. The Morgan fingerprint density at radius 1 is 1.58 bits per heavy atom. The summed E-state index contributed by atoms with van der Waals surface area (Å²) in [5.41, 5.74) is -0.388. The van der Waals surface area contributed by atoms with Gasteiger partial charge < -0.3 is 10.4 Å². The number of halogens is 3. The van der Waals surface area contributed by atoms with E-state index in [1.807, 2.05) is 13.8 Å². The Bertz CT molecular complexity index is 496. The second-order valence-electron chi connectivity index (χ2n) is 4.95. The molecule has 0 radical (unpaired) electrons. The van der Waals surface area contributed by atoms with E-state index in [1.165, 1.54) is 0 Å². The highest BCUT2D eigenvalue weighted by molar-refractivity contribution is 5.86. The molecule has 1 aromatic rings. The number of anilines is 1. The van der Waals surface area contributed by atoms with Crippen molar-refractivity contribution in [2.45, 2.75) is 38.5 Å². The highest BCUT2D eigenvalue weighted by Crippen LogP contribution is 2.40. The van der Waals surface area contributed by atoms with Crippen LogP contribution in [0.25, 0.3) is 0 Å². The lowest BCUT2D eigenvalue weighted by Crippen LogP contribution is -2.41. The number of hydrogen-bond donors (Lipinski definition) is 2. The van der Waals surface area contributed by atoms with Crippen LogP contribution in [0.4, 0.5) is 19.0 Å². The van der Waals surface area contributed by atoms with Crippen LogP contribution < -0.4 is 5.32 Å². The van der Waals surface area contributed by atoms with E-state index in [0.717, 1.165) is 10.7 Å². The molecule has 19 heavy (non-hydrogen) atoms. The lowest BCUT2D eigenvalue weighted by Gasteiger charge is -2.35. The first-order chi connectivity index (χ1) is 8.70. The van der Waals surface area contributed by atoms with E-state index in [-0.39, 0.29) is 29.9 Å². The van der Waals surface area contributed by atoms with Crippen LogP contribution in [-0.4, -0.2) is 33.1 Å². The summed E-state index contributed by atoms with van der Waals surface area (Å²) in [6.45, 7) is 3.63. The Morgan fingerprint density at radius 3 is 2.68 bits per heavy atom. The van der Waals surface area contributed by atoms with Gasteiger partial charge in [0.25, 0.3) is 0 Å². The Morgan fingerprint density at radius 2 is 2.21 bits per heavy atom. The number of alkyl halides is 3. The van der Waals surface area contributed by atoms with Crippen molar-refractivity contribution in [3.8, 4) is 0 Å². The minimum absolute atomic E-state index is 0.00165. The quantitative estimate of drug-likeness (QED) is 0.871. The number of aromatic nitrogens is 2. The predicted octanol–water partition coefficient (Wildman–Crippen LogP) is 2.52. The fourth-order valence-electron chi connectivity index (χ4n) is 2.14. The van der Waals surface area contributed by atoms with E-state index in [4.69, 9.17) is 5.11 Å². The van der Waals surface area contributed by atoms with Gasteiger partial charge in [-0.15, -0.1) is 0 Å². The number of carboxylic acids is 1. The molecule has 1 aromatic heterocycles. The van der Waals surface area contributed by atoms with Crippen LogP contribution in [0, 0.1) is 5.92 Å². The largest absolute Gasteiger partial charge is 0.476 e. The maximum Gasteiger partial charge on any atom is 0.410 e. The van der Waals surface area contributed by atoms with Crippen molar-refractivity contribution in [3.05, 3.63) is 11.8 Å². The van der Waals surface area contributed by atoms with Crippen LogP contribution >= 0.6 is 0 Å². The number of fused-ring (bicyclic) bond motifs is 1. The zero-order valence-electron chi connectivity index (χ0n) is 10.4. The van der Waals surface area contributed by atoms with E-state index < -0.39 is 18.2 Å². The van der Waals surface area contributed by atoms with Crippen LogP contribution in [0.1, 0.15) is 36.8 Å². The third-order valence-corrected chi connectivity index (χ3v) is 3.24. The molecule has 0 saturated heterocycles. The molecular weight excluding hydrogens is 263 g/mol. The molecule has 1 aliphatic heterocycles. The Balaban J connectivity index is 2.44. The molecule has 0 bridgehead atoms. The fraction of sp³-hybridized carbons (Fsp3) is 0.636. The molecule has 5 nitrogen and oxygen atoms in total. The number of rotatable bonds is 2. The minimum atomic E-state index is -4.45. The first-order valence-corrected chi connectivity index (χ1v) is 5.86. The van der Waals surface area contributed by atoms with Crippen LogP contribution in [0.15, 0.2) is 6.07 Å². The van der Waals surface area contributed by atoms with Gasteiger partial charge in [0, 0.05) is 12.1 Å². The first kappa shape index (κ1) is 13.7. The van der Waals surface area contributed by atoms with Crippen LogP contribution in [0.2, 0.25) is 0 Å². The summed E-state index contributed by atoms with van der Waals surface area (Å²) in [7, 11) is 0. The number of aromatic carboxylic acids is 1. The molecule has 0 spiro atoms. The number of nitrogens with zero attached hydrogens (tertiary/aromatic N) is 2. The molecule has 0 amide bonds. The highest BCUT2D eigenvalue weighted by Gasteiger charge is 2.46. The average Bonchev–Trinajstić information content (AvgIpc) is 2.69. The normalized spacial score (nSPS) is 23.1. The molecule has 106 valence electrons. The SMILES string of the molecule is CC(C)[C@H]1C[C@@H](C(F)(F)F)n2nc(C(=O)O)cc2N1. The first-order valence-electron chi connectivity index (χ1n) is 5.86. The molecular formula is C11H14F3N3O2. The number of nitrogens with one attached hydrogen (secondary N) is 1. The third kappa shape index (κ3) is 2.52. The lowest BCUT2D eigenvalue weighted by molar-refractivity contribution is -0.174. The van der Waals surface area contributed by atoms with Crippen molar-refractivity contribution >= 4 is 11.8 Å². The van der Waals surface area contributed by atoms with Crippen LogP contribution in [0.5, 0.6) is 0 Å². The Labute approximate surface area is 107 Å². The van der Waals surface area contributed by atoms with Gasteiger partial charge in [-0.2, -0.15) is 18.3 Å².